The SMILES string of the molecule is CN(CC1CC(O)C1)c1ccnc(Cl)c1. The zero-order valence-corrected chi connectivity index (χ0v) is 9.48. The van der Waals surface area contributed by atoms with E-state index in [0.29, 0.717) is 11.1 Å². The van der Waals surface area contributed by atoms with Gasteiger partial charge >= 0.3 is 0 Å². The van der Waals surface area contributed by atoms with Gasteiger partial charge in [0.1, 0.15) is 5.15 Å². The van der Waals surface area contributed by atoms with Gasteiger partial charge in [-0.25, -0.2) is 4.98 Å². The lowest BCUT2D eigenvalue weighted by Gasteiger charge is -2.35. The first-order valence-corrected chi connectivity index (χ1v) is 5.53. The summed E-state index contributed by atoms with van der Waals surface area (Å²) in [5.41, 5.74) is 1.08. The minimum atomic E-state index is -0.0792. The summed E-state index contributed by atoms with van der Waals surface area (Å²) in [4.78, 5) is 6.10. The second-order valence-corrected chi connectivity index (χ2v) is 4.60. The van der Waals surface area contributed by atoms with Crippen LogP contribution in [0.3, 0.4) is 0 Å². The molecule has 1 fully saturated rings. The zero-order chi connectivity index (χ0) is 10.8. The number of aliphatic hydroxyl groups excluding tert-OH is 1. The van der Waals surface area contributed by atoms with Crippen LogP contribution in [-0.4, -0.2) is 29.8 Å². The van der Waals surface area contributed by atoms with Gasteiger partial charge in [-0.2, -0.15) is 0 Å². The molecule has 1 saturated carbocycles. The van der Waals surface area contributed by atoms with Crippen LogP contribution in [0.5, 0.6) is 0 Å². The van der Waals surface area contributed by atoms with Crippen molar-refractivity contribution in [2.45, 2.75) is 18.9 Å². The topological polar surface area (TPSA) is 36.4 Å². The highest BCUT2D eigenvalue weighted by Gasteiger charge is 2.27. The van der Waals surface area contributed by atoms with Gasteiger partial charge in [0.05, 0.1) is 6.10 Å². The molecule has 0 amide bonds. The van der Waals surface area contributed by atoms with Crippen LogP contribution < -0.4 is 4.90 Å². The van der Waals surface area contributed by atoms with Crippen molar-refractivity contribution in [3.8, 4) is 0 Å². The number of hydrogen-bond acceptors (Lipinski definition) is 3. The molecule has 0 spiro atoms. The summed E-state index contributed by atoms with van der Waals surface area (Å²) >= 11 is 5.82. The Morgan fingerprint density at radius 2 is 2.33 bits per heavy atom. The van der Waals surface area contributed by atoms with Crippen molar-refractivity contribution in [2.24, 2.45) is 5.92 Å². The van der Waals surface area contributed by atoms with E-state index in [1.54, 1.807) is 6.20 Å². The molecule has 1 heterocycles. The molecule has 2 rings (SSSR count). The molecule has 0 saturated heterocycles. The van der Waals surface area contributed by atoms with Gasteiger partial charge < -0.3 is 10.0 Å². The molecule has 15 heavy (non-hydrogen) atoms. The van der Waals surface area contributed by atoms with Crippen molar-refractivity contribution >= 4 is 17.3 Å². The van der Waals surface area contributed by atoms with Crippen LogP contribution in [-0.2, 0) is 0 Å². The molecule has 1 aromatic heterocycles. The van der Waals surface area contributed by atoms with Gasteiger partial charge in [0.2, 0.25) is 0 Å². The lowest BCUT2D eigenvalue weighted by Crippen LogP contribution is -2.37. The van der Waals surface area contributed by atoms with E-state index in [-0.39, 0.29) is 6.10 Å². The zero-order valence-electron chi connectivity index (χ0n) is 8.73. The van der Waals surface area contributed by atoms with Crippen LogP contribution in [0.4, 0.5) is 5.69 Å². The molecule has 1 aliphatic rings. The standard InChI is InChI=1S/C11H15ClN2O/c1-14(7-8-4-10(15)5-8)9-2-3-13-11(12)6-9/h2-3,6,8,10,15H,4-5,7H2,1H3. The number of hydrogen-bond donors (Lipinski definition) is 1. The summed E-state index contributed by atoms with van der Waals surface area (Å²) in [6.07, 6.45) is 3.47. The van der Waals surface area contributed by atoms with Gasteiger partial charge in [-0.1, -0.05) is 11.6 Å². The van der Waals surface area contributed by atoms with Gasteiger partial charge in [0.15, 0.2) is 0 Å². The third-order valence-corrected chi connectivity index (χ3v) is 3.10. The van der Waals surface area contributed by atoms with Crippen molar-refractivity contribution in [3.05, 3.63) is 23.5 Å². The van der Waals surface area contributed by atoms with Crippen LogP contribution in [0, 0.1) is 5.92 Å². The van der Waals surface area contributed by atoms with Crippen molar-refractivity contribution in [1.82, 2.24) is 4.98 Å². The fourth-order valence-electron chi connectivity index (χ4n) is 1.97. The third kappa shape index (κ3) is 2.61. The lowest BCUT2D eigenvalue weighted by molar-refractivity contribution is 0.0465. The molecule has 4 heteroatoms. The maximum Gasteiger partial charge on any atom is 0.131 e. The molecule has 0 radical (unpaired) electrons. The smallest absolute Gasteiger partial charge is 0.131 e. The first kappa shape index (κ1) is 10.7. The second kappa shape index (κ2) is 4.37. The fourth-order valence-corrected chi connectivity index (χ4v) is 2.14. The minimum Gasteiger partial charge on any atom is -0.393 e. The Labute approximate surface area is 94.7 Å². The van der Waals surface area contributed by atoms with Crippen molar-refractivity contribution < 1.29 is 5.11 Å². The monoisotopic (exact) mass is 226 g/mol. The number of rotatable bonds is 3. The van der Waals surface area contributed by atoms with Crippen LogP contribution in [0.25, 0.3) is 0 Å². The molecule has 0 unspecified atom stereocenters. The van der Waals surface area contributed by atoms with Crippen LogP contribution in [0.1, 0.15) is 12.8 Å². The number of nitrogens with zero attached hydrogens (tertiary/aromatic N) is 2. The van der Waals surface area contributed by atoms with Gasteiger partial charge in [0.25, 0.3) is 0 Å². The third-order valence-electron chi connectivity index (χ3n) is 2.89. The van der Waals surface area contributed by atoms with E-state index < -0.39 is 0 Å². The summed E-state index contributed by atoms with van der Waals surface area (Å²) in [6, 6.07) is 3.80. The first-order valence-electron chi connectivity index (χ1n) is 5.16. The maximum atomic E-state index is 9.20. The number of halogens is 1. The van der Waals surface area contributed by atoms with Gasteiger partial charge in [0, 0.05) is 25.5 Å². The molecular weight excluding hydrogens is 212 g/mol. The molecule has 1 aliphatic carbocycles. The highest BCUT2D eigenvalue weighted by molar-refractivity contribution is 6.29. The van der Waals surface area contributed by atoms with E-state index >= 15 is 0 Å². The van der Waals surface area contributed by atoms with E-state index in [1.807, 2.05) is 19.2 Å². The van der Waals surface area contributed by atoms with Crippen LogP contribution in [0.2, 0.25) is 5.15 Å². The molecule has 3 nitrogen and oxygen atoms in total. The molecule has 0 aromatic carbocycles. The Kier molecular flexibility index (Phi) is 3.12. The Bertz CT molecular complexity index is 339. The van der Waals surface area contributed by atoms with Crippen LogP contribution in [0.15, 0.2) is 18.3 Å². The van der Waals surface area contributed by atoms with E-state index in [4.69, 9.17) is 11.6 Å². The number of pyridine rings is 1. The average Bonchev–Trinajstić information content (AvgIpc) is 2.15. The van der Waals surface area contributed by atoms with E-state index in [0.717, 1.165) is 25.1 Å². The lowest BCUT2D eigenvalue weighted by atomic mass is 9.82. The predicted octanol–water partition coefficient (Wildman–Crippen LogP) is 1.94. The van der Waals surface area contributed by atoms with Crippen LogP contribution >= 0.6 is 11.6 Å². The van der Waals surface area contributed by atoms with E-state index in [2.05, 4.69) is 9.88 Å². The second-order valence-electron chi connectivity index (χ2n) is 4.21. The summed E-state index contributed by atoms with van der Waals surface area (Å²) < 4.78 is 0. The fraction of sp³-hybridized carbons (Fsp3) is 0.545. The molecular formula is C11H15ClN2O. The quantitative estimate of drug-likeness (QED) is 0.801. The number of aliphatic hydroxyl groups is 1. The Morgan fingerprint density at radius 1 is 1.60 bits per heavy atom. The summed E-state index contributed by atoms with van der Waals surface area (Å²) in [7, 11) is 2.04. The Balaban J connectivity index is 1.93. The molecule has 0 aliphatic heterocycles. The molecule has 0 bridgehead atoms. The molecule has 0 atom stereocenters. The maximum absolute atomic E-state index is 9.20. The van der Waals surface area contributed by atoms with Gasteiger partial charge in [-0.15, -0.1) is 0 Å². The summed E-state index contributed by atoms with van der Waals surface area (Å²) in [6.45, 7) is 0.970. The molecule has 82 valence electrons. The average molecular weight is 227 g/mol. The van der Waals surface area contributed by atoms with Crippen molar-refractivity contribution in [2.75, 3.05) is 18.5 Å². The normalized spacial score (nSPS) is 24.7. The largest absolute Gasteiger partial charge is 0.393 e. The highest BCUT2D eigenvalue weighted by Crippen LogP contribution is 2.29. The molecule has 1 N–H and O–H groups in total. The van der Waals surface area contributed by atoms with Crippen molar-refractivity contribution in [3.63, 3.8) is 0 Å². The van der Waals surface area contributed by atoms with Gasteiger partial charge in [-0.05, 0) is 30.9 Å². The highest BCUT2D eigenvalue weighted by atomic mass is 35.5. The summed E-state index contributed by atoms with van der Waals surface area (Å²) in [5, 5.41) is 9.72. The van der Waals surface area contributed by atoms with E-state index in [9.17, 15) is 5.11 Å². The number of aromatic nitrogens is 1. The predicted molar refractivity (Wildman–Crippen MR) is 61.2 cm³/mol. The Hall–Kier alpha value is -0.800. The van der Waals surface area contributed by atoms with Crippen molar-refractivity contribution in [1.29, 1.82) is 0 Å². The molecule has 1 aromatic rings. The Morgan fingerprint density at radius 3 is 2.93 bits per heavy atom. The van der Waals surface area contributed by atoms with E-state index in [1.165, 1.54) is 0 Å². The first-order chi connectivity index (χ1) is 7.15. The minimum absolute atomic E-state index is 0.0792. The summed E-state index contributed by atoms with van der Waals surface area (Å²) in [5.74, 6) is 0.608. The van der Waals surface area contributed by atoms with Gasteiger partial charge in [-0.3, -0.25) is 0 Å². The number of anilines is 1.